The molecular formula is C28H32F2MoN3O-. The fourth-order valence-electron chi connectivity index (χ4n) is 5.93. The maximum Gasteiger partial charge on any atom is 0.270 e. The van der Waals surface area contributed by atoms with Crippen molar-refractivity contribution in [1.82, 2.24) is 14.5 Å². The number of aromatic nitrogens is 2. The molecule has 7 heteroatoms. The summed E-state index contributed by atoms with van der Waals surface area (Å²) in [6.07, 6.45) is 10.3. The van der Waals surface area contributed by atoms with E-state index < -0.39 is 5.92 Å². The number of carbonyl (C=O) groups excluding carboxylic acids is 1. The van der Waals surface area contributed by atoms with Gasteiger partial charge in [0.1, 0.15) is 5.82 Å². The number of hydrogen-bond donors (Lipinski definition) is 0. The summed E-state index contributed by atoms with van der Waals surface area (Å²) in [5, 5.41) is 0. The van der Waals surface area contributed by atoms with Gasteiger partial charge in [-0.2, -0.15) is 6.07 Å². The van der Waals surface area contributed by atoms with Crippen LogP contribution < -0.4 is 0 Å². The zero-order valence-corrected chi connectivity index (χ0v) is 22.2. The van der Waals surface area contributed by atoms with E-state index in [0.29, 0.717) is 23.7 Å². The van der Waals surface area contributed by atoms with Crippen molar-refractivity contribution in [2.45, 2.75) is 76.3 Å². The van der Waals surface area contributed by atoms with Crippen LogP contribution >= 0.6 is 0 Å². The largest absolute Gasteiger partial charge is 0.376 e. The first-order chi connectivity index (χ1) is 16.4. The molecule has 4 nitrogen and oxygen atoms in total. The molecule has 2 aromatic carbocycles. The first kappa shape index (κ1) is 26.2. The minimum atomic E-state index is -2.92. The minimum absolute atomic E-state index is 0. The van der Waals surface area contributed by atoms with Crippen molar-refractivity contribution in [3.8, 4) is 0 Å². The second kappa shape index (κ2) is 11.0. The maximum atomic E-state index is 14.4. The van der Waals surface area contributed by atoms with Gasteiger partial charge in [0, 0.05) is 63.1 Å². The summed E-state index contributed by atoms with van der Waals surface area (Å²) in [7, 11) is 0. The second-order valence-electron chi connectivity index (χ2n) is 10.0. The van der Waals surface area contributed by atoms with E-state index >= 15 is 0 Å². The third kappa shape index (κ3) is 5.59. The predicted molar refractivity (Wildman–Crippen MR) is 130 cm³/mol. The Morgan fingerprint density at radius 3 is 2.43 bits per heavy atom. The molecule has 1 aromatic heterocycles. The molecule has 1 saturated heterocycles. The number of likely N-dealkylation sites (tertiary alicyclic amines) is 1. The number of imidazole rings is 1. The van der Waals surface area contributed by atoms with Crippen LogP contribution in [0.25, 0.3) is 11.0 Å². The Bertz CT molecular complexity index is 1160. The van der Waals surface area contributed by atoms with Crippen LogP contribution in [-0.4, -0.2) is 39.9 Å². The van der Waals surface area contributed by atoms with Crippen molar-refractivity contribution in [1.29, 1.82) is 0 Å². The van der Waals surface area contributed by atoms with E-state index in [1.165, 1.54) is 38.4 Å². The van der Waals surface area contributed by atoms with Crippen molar-refractivity contribution in [3.05, 3.63) is 65.0 Å². The molecule has 0 N–H and O–H groups in total. The smallest absolute Gasteiger partial charge is 0.270 e. The monoisotopic (exact) mass is 562 g/mol. The van der Waals surface area contributed by atoms with Crippen LogP contribution in [0, 0.1) is 0 Å². The Morgan fingerprint density at radius 2 is 1.74 bits per heavy atom. The summed E-state index contributed by atoms with van der Waals surface area (Å²) in [6, 6.07) is 12.8. The van der Waals surface area contributed by atoms with Gasteiger partial charge in [0.25, 0.3) is 5.92 Å². The first-order valence-electron chi connectivity index (χ1n) is 12.5. The Labute approximate surface area is 220 Å². The van der Waals surface area contributed by atoms with Crippen LogP contribution in [0.3, 0.4) is 0 Å². The molecule has 186 valence electrons. The van der Waals surface area contributed by atoms with Gasteiger partial charge in [-0.05, 0) is 57.2 Å². The van der Waals surface area contributed by atoms with Crippen LogP contribution in [0.15, 0.2) is 42.5 Å². The molecule has 2 heterocycles. The molecule has 35 heavy (non-hydrogen) atoms. The summed E-state index contributed by atoms with van der Waals surface area (Å²) >= 11 is 0. The Hall–Kier alpha value is -1.91. The van der Waals surface area contributed by atoms with Gasteiger partial charge < -0.3 is 14.3 Å². The van der Waals surface area contributed by atoms with Crippen molar-refractivity contribution in [2.24, 2.45) is 0 Å². The van der Waals surface area contributed by atoms with Crippen LogP contribution in [0.2, 0.25) is 0 Å². The van der Waals surface area contributed by atoms with Gasteiger partial charge in [0.05, 0.1) is 6.29 Å². The van der Waals surface area contributed by atoms with Gasteiger partial charge in [0.2, 0.25) is 0 Å². The third-order valence-electron chi connectivity index (χ3n) is 7.68. The van der Waals surface area contributed by atoms with E-state index in [1.807, 2.05) is 18.4 Å². The normalized spacial score (nSPS) is 21.6. The molecule has 1 aliphatic heterocycles. The number of hydrogen-bond acceptors (Lipinski definition) is 3. The zero-order valence-electron chi connectivity index (χ0n) is 20.2. The second-order valence-corrected chi connectivity index (χ2v) is 10.0. The minimum Gasteiger partial charge on any atom is -0.376 e. The van der Waals surface area contributed by atoms with Gasteiger partial charge in [-0.3, -0.25) is 0 Å². The van der Waals surface area contributed by atoms with Gasteiger partial charge in [-0.15, -0.1) is 11.6 Å². The number of nitrogens with zero attached hydrogens (tertiary/aromatic N) is 3. The number of piperidine rings is 1. The predicted octanol–water partition coefficient (Wildman–Crippen LogP) is 6.16. The van der Waals surface area contributed by atoms with E-state index in [9.17, 15) is 13.6 Å². The molecule has 1 saturated carbocycles. The topological polar surface area (TPSA) is 38.1 Å². The van der Waals surface area contributed by atoms with Crippen LogP contribution in [0.5, 0.6) is 0 Å². The summed E-state index contributed by atoms with van der Waals surface area (Å²) in [5.41, 5.74) is 2.71. The zero-order chi connectivity index (χ0) is 23.7. The number of alkyl halides is 2. The Morgan fingerprint density at radius 1 is 1.03 bits per heavy atom. The number of benzene rings is 2. The summed E-state index contributed by atoms with van der Waals surface area (Å²) < 4.78 is 30.8. The fraction of sp³-hybridized carbons (Fsp3) is 0.500. The molecule has 0 amide bonds. The van der Waals surface area contributed by atoms with Crippen LogP contribution in [0.1, 0.15) is 80.3 Å². The molecule has 1 aliphatic carbocycles. The number of fused-ring (bicyclic) bond motifs is 1. The van der Waals surface area contributed by atoms with Gasteiger partial charge in [-0.25, -0.2) is 13.8 Å². The van der Waals surface area contributed by atoms with Gasteiger partial charge in [0.15, 0.2) is 0 Å². The molecule has 0 unspecified atom stereocenters. The Balaban J connectivity index is 0.00000289. The molecule has 0 atom stereocenters. The third-order valence-corrected chi connectivity index (χ3v) is 7.68. The summed E-state index contributed by atoms with van der Waals surface area (Å²) in [6.45, 7) is 3.70. The van der Waals surface area contributed by atoms with E-state index in [0.717, 1.165) is 49.5 Å². The van der Waals surface area contributed by atoms with E-state index in [-0.39, 0.29) is 32.5 Å². The van der Waals surface area contributed by atoms with E-state index in [4.69, 9.17) is 4.98 Å². The standard InChI is InChI=1S/C28H32F2N3O.Mo/c1-28(29,30)24-8-4-3-7-22(24)18-33-26-14-9-20(19-34)17-25(26)31-27(33)21-10-12-23(13-11-21)32-15-5-2-6-16-32;/h3-4,7-9,14,17,21,23H,2,5-6,10-13,15-16,18H2,1H3;/q-1;. The van der Waals surface area contributed by atoms with Gasteiger partial charge in [-0.1, -0.05) is 36.8 Å². The molecular weight excluding hydrogens is 528 g/mol. The van der Waals surface area contributed by atoms with Crippen LogP contribution in [0.4, 0.5) is 8.78 Å². The van der Waals surface area contributed by atoms with Crippen molar-refractivity contribution in [2.75, 3.05) is 13.1 Å². The molecule has 2 fully saturated rings. The van der Waals surface area contributed by atoms with Gasteiger partial charge >= 0.3 is 0 Å². The summed E-state index contributed by atoms with van der Waals surface area (Å²) in [4.78, 5) is 18.8. The maximum absolute atomic E-state index is 14.4. The number of rotatable bonds is 6. The van der Waals surface area contributed by atoms with E-state index in [1.54, 1.807) is 24.3 Å². The van der Waals surface area contributed by atoms with Crippen molar-refractivity contribution >= 4 is 17.3 Å². The molecule has 0 radical (unpaired) electrons. The molecule has 0 bridgehead atoms. The molecule has 3 aromatic rings. The Kier molecular flexibility index (Phi) is 8.22. The molecule has 0 spiro atoms. The first-order valence-corrected chi connectivity index (χ1v) is 12.5. The van der Waals surface area contributed by atoms with Crippen molar-refractivity contribution in [3.63, 3.8) is 0 Å². The van der Waals surface area contributed by atoms with E-state index in [2.05, 4.69) is 9.47 Å². The van der Waals surface area contributed by atoms with Crippen LogP contribution in [-0.2, 0) is 38.3 Å². The average Bonchev–Trinajstić information content (AvgIpc) is 3.21. The average molecular weight is 561 g/mol. The molecule has 2 aliphatic rings. The van der Waals surface area contributed by atoms with Crippen molar-refractivity contribution < 1.29 is 34.6 Å². The molecule has 5 rings (SSSR count). The number of halogens is 2. The quantitative estimate of drug-likeness (QED) is 0.268. The summed E-state index contributed by atoms with van der Waals surface area (Å²) in [5.74, 6) is -1.69. The fourth-order valence-corrected chi connectivity index (χ4v) is 5.93. The SMILES string of the molecule is CC(F)(F)c1ccccc1Cn1c(C2CCC(N3CCCCC3)CC2)nc2cc([C-]=O)ccc21.[Mo].